The highest BCUT2D eigenvalue weighted by Crippen LogP contribution is 2.20. The van der Waals surface area contributed by atoms with Gasteiger partial charge in [0, 0.05) is 48.8 Å². The van der Waals surface area contributed by atoms with E-state index < -0.39 is 0 Å². The highest BCUT2D eigenvalue weighted by molar-refractivity contribution is 7.09. The molecule has 116 valence electrons. The van der Waals surface area contributed by atoms with Gasteiger partial charge >= 0.3 is 0 Å². The molecule has 1 aromatic carbocycles. The molecular formula is C15H17ClN4OS. The molecule has 1 aliphatic heterocycles. The Morgan fingerprint density at radius 2 is 1.91 bits per heavy atom. The number of carbonyl (C=O) groups excluding carboxylic acids is 1. The van der Waals surface area contributed by atoms with Gasteiger partial charge < -0.3 is 15.5 Å². The number of anilines is 1. The summed E-state index contributed by atoms with van der Waals surface area (Å²) >= 11 is 7.34. The maximum absolute atomic E-state index is 12.4. The van der Waals surface area contributed by atoms with E-state index in [1.807, 2.05) is 29.2 Å². The normalized spacial score (nSPS) is 15.2. The molecular weight excluding hydrogens is 320 g/mol. The zero-order valence-corrected chi connectivity index (χ0v) is 13.6. The van der Waals surface area contributed by atoms with Crippen molar-refractivity contribution in [3.05, 3.63) is 45.4 Å². The van der Waals surface area contributed by atoms with E-state index in [2.05, 4.69) is 9.88 Å². The Balaban J connectivity index is 1.61. The molecule has 2 aromatic rings. The van der Waals surface area contributed by atoms with E-state index in [9.17, 15) is 4.79 Å². The van der Waals surface area contributed by atoms with Crippen LogP contribution in [0.15, 0.2) is 29.6 Å². The minimum absolute atomic E-state index is 0.00768. The maximum atomic E-state index is 12.4. The van der Waals surface area contributed by atoms with E-state index in [0.717, 1.165) is 28.8 Å². The van der Waals surface area contributed by atoms with Crippen molar-refractivity contribution in [2.24, 2.45) is 5.73 Å². The second-order valence-electron chi connectivity index (χ2n) is 5.09. The lowest BCUT2D eigenvalue weighted by molar-refractivity contribution is 0.0741. The molecule has 1 amide bonds. The lowest BCUT2D eigenvalue weighted by Crippen LogP contribution is -2.48. The Hall–Kier alpha value is -1.63. The average Bonchev–Trinajstić information content (AvgIpc) is 3.04. The first-order chi connectivity index (χ1) is 10.7. The van der Waals surface area contributed by atoms with Crippen molar-refractivity contribution >= 4 is 34.5 Å². The van der Waals surface area contributed by atoms with E-state index in [1.165, 1.54) is 11.3 Å². The number of nitrogens with two attached hydrogens (primary N) is 1. The molecule has 1 aliphatic rings. The third kappa shape index (κ3) is 3.24. The third-order valence-corrected chi connectivity index (χ3v) is 4.83. The molecule has 0 spiro atoms. The van der Waals surface area contributed by atoms with E-state index in [-0.39, 0.29) is 5.91 Å². The largest absolute Gasteiger partial charge is 0.368 e. The van der Waals surface area contributed by atoms with Crippen LogP contribution in [-0.2, 0) is 6.54 Å². The van der Waals surface area contributed by atoms with Crippen LogP contribution in [0.2, 0.25) is 5.02 Å². The van der Waals surface area contributed by atoms with Gasteiger partial charge in [0.1, 0.15) is 10.7 Å². The van der Waals surface area contributed by atoms with Crippen molar-refractivity contribution in [1.82, 2.24) is 9.88 Å². The fraction of sp³-hybridized carbons (Fsp3) is 0.333. The number of carbonyl (C=O) groups is 1. The molecule has 3 rings (SSSR count). The monoisotopic (exact) mass is 336 g/mol. The van der Waals surface area contributed by atoms with Gasteiger partial charge in [-0.15, -0.1) is 11.3 Å². The Morgan fingerprint density at radius 1 is 1.23 bits per heavy atom. The zero-order valence-electron chi connectivity index (χ0n) is 12.0. The second kappa shape index (κ2) is 6.64. The van der Waals surface area contributed by atoms with Gasteiger partial charge in [-0.2, -0.15) is 0 Å². The summed E-state index contributed by atoms with van der Waals surface area (Å²) in [6.07, 6.45) is 0. The molecule has 5 nitrogen and oxygen atoms in total. The number of hydrogen-bond acceptors (Lipinski definition) is 5. The molecule has 0 atom stereocenters. The third-order valence-electron chi connectivity index (χ3n) is 3.70. The molecule has 0 bridgehead atoms. The first kappa shape index (κ1) is 15.3. The van der Waals surface area contributed by atoms with Crippen molar-refractivity contribution < 1.29 is 4.79 Å². The summed E-state index contributed by atoms with van der Waals surface area (Å²) in [5.41, 5.74) is 7.18. The van der Waals surface area contributed by atoms with Gasteiger partial charge in [0.2, 0.25) is 0 Å². The Kier molecular flexibility index (Phi) is 4.61. The van der Waals surface area contributed by atoms with Crippen LogP contribution in [0.25, 0.3) is 0 Å². The summed E-state index contributed by atoms with van der Waals surface area (Å²) in [4.78, 5) is 20.8. The summed E-state index contributed by atoms with van der Waals surface area (Å²) in [5.74, 6) is -0.00768. The zero-order chi connectivity index (χ0) is 15.5. The molecule has 2 N–H and O–H groups in total. The predicted octanol–water partition coefficient (Wildman–Crippen LogP) is 2.22. The SMILES string of the molecule is NCc1nc(C(=O)N2CCN(c3ccc(Cl)cc3)CC2)cs1. The van der Waals surface area contributed by atoms with E-state index >= 15 is 0 Å². The van der Waals surface area contributed by atoms with E-state index in [0.29, 0.717) is 25.3 Å². The van der Waals surface area contributed by atoms with Crippen LogP contribution >= 0.6 is 22.9 Å². The van der Waals surface area contributed by atoms with Crippen molar-refractivity contribution in [3.63, 3.8) is 0 Å². The molecule has 0 saturated carbocycles. The van der Waals surface area contributed by atoms with Gasteiger partial charge in [0.05, 0.1) is 0 Å². The number of rotatable bonds is 3. The Bertz CT molecular complexity index is 650. The van der Waals surface area contributed by atoms with Crippen LogP contribution in [0.1, 0.15) is 15.5 Å². The first-order valence-corrected chi connectivity index (χ1v) is 8.37. The summed E-state index contributed by atoms with van der Waals surface area (Å²) < 4.78 is 0. The first-order valence-electron chi connectivity index (χ1n) is 7.11. The lowest BCUT2D eigenvalue weighted by Gasteiger charge is -2.35. The fourth-order valence-electron chi connectivity index (χ4n) is 2.48. The van der Waals surface area contributed by atoms with Gasteiger partial charge in [-0.1, -0.05) is 11.6 Å². The van der Waals surface area contributed by atoms with Gasteiger partial charge in [-0.3, -0.25) is 4.79 Å². The van der Waals surface area contributed by atoms with Crippen LogP contribution in [0.4, 0.5) is 5.69 Å². The second-order valence-corrected chi connectivity index (χ2v) is 6.47. The highest BCUT2D eigenvalue weighted by Gasteiger charge is 2.23. The molecule has 2 heterocycles. The van der Waals surface area contributed by atoms with Gasteiger partial charge in [0.25, 0.3) is 5.91 Å². The van der Waals surface area contributed by atoms with Crippen LogP contribution in [0.3, 0.4) is 0 Å². The van der Waals surface area contributed by atoms with E-state index in [1.54, 1.807) is 5.38 Å². The van der Waals surface area contributed by atoms with Gasteiger partial charge in [0.15, 0.2) is 0 Å². The standard InChI is InChI=1S/C15H17ClN4OS/c16-11-1-3-12(4-2-11)19-5-7-20(8-6-19)15(21)13-10-22-14(9-17)18-13/h1-4,10H,5-9,17H2. The van der Waals surface area contributed by atoms with Crippen molar-refractivity contribution in [3.8, 4) is 0 Å². The van der Waals surface area contributed by atoms with Crippen molar-refractivity contribution in [1.29, 1.82) is 0 Å². The smallest absolute Gasteiger partial charge is 0.273 e. The minimum atomic E-state index is -0.00768. The number of benzene rings is 1. The topological polar surface area (TPSA) is 62.5 Å². The average molecular weight is 337 g/mol. The highest BCUT2D eigenvalue weighted by atomic mass is 35.5. The fourth-order valence-corrected chi connectivity index (χ4v) is 3.26. The molecule has 0 radical (unpaired) electrons. The van der Waals surface area contributed by atoms with Crippen LogP contribution in [-0.4, -0.2) is 42.0 Å². The number of hydrogen-bond donors (Lipinski definition) is 1. The molecule has 1 fully saturated rings. The molecule has 22 heavy (non-hydrogen) atoms. The van der Waals surface area contributed by atoms with Gasteiger partial charge in [-0.05, 0) is 24.3 Å². The minimum Gasteiger partial charge on any atom is -0.368 e. The summed E-state index contributed by atoms with van der Waals surface area (Å²) in [7, 11) is 0. The Labute approximate surface area is 138 Å². The molecule has 1 saturated heterocycles. The number of amides is 1. The number of halogens is 1. The maximum Gasteiger partial charge on any atom is 0.273 e. The van der Waals surface area contributed by atoms with Crippen molar-refractivity contribution in [2.75, 3.05) is 31.1 Å². The quantitative estimate of drug-likeness (QED) is 0.933. The van der Waals surface area contributed by atoms with Crippen LogP contribution in [0.5, 0.6) is 0 Å². The predicted molar refractivity (Wildman–Crippen MR) is 89.6 cm³/mol. The molecule has 0 aliphatic carbocycles. The number of nitrogens with zero attached hydrogens (tertiary/aromatic N) is 3. The molecule has 7 heteroatoms. The number of piperazine rings is 1. The summed E-state index contributed by atoms with van der Waals surface area (Å²) in [6, 6.07) is 7.79. The van der Waals surface area contributed by atoms with Crippen LogP contribution < -0.4 is 10.6 Å². The van der Waals surface area contributed by atoms with Crippen molar-refractivity contribution in [2.45, 2.75) is 6.54 Å². The number of thiazole rings is 1. The molecule has 1 aromatic heterocycles. The number of aromatic nitrogens is 1. The summed E-state index contributed by atoms with van der Waals surface area (Å²) in [6.45, 7) is 3.37. The summed E-state index contributed by atoms with van der Waals surface area (Å²) in [5, 5.41) is 3.32. The van der Waals surface area contributed by atoms with Crippen LogP contribution in [0, 0.1) is 0 Å². The van der Waals surface area contributed by atoms with Gasteiger partial charge in [-0.25, -0.2) is 4.98 Å². The lowest BCUT2D eigenvalue weighted by atomic mass is 10.2. The molecule has 0 unspecified atom stereocenters. The Morgan fingerprint density at radius 3 is 2.50 bits per heavy atom. The van der Waals surface area contributed by atoms with E-state index in [4.69, 9.17) is 17.3 Å².